The summed E-state index contributed by atoms with van der Waals surface area (Å²) in [5.41, 5.74) is 6.64. The summed E-state index contributed by atoms with van der Waals surface area (Å²) >= 11 is 5.66. The molecule has 1 fully saturated rings. The molecule has 3 nitrogen and oxygen atoms in total. The molecule has 5 heteroatoms. The molecule has 20 heavy (non-hydrogen) atoms. The van der Waals surface area contributed by atoms with Gasteiger partial charge >= 0.3 is 0 Å². The van der Waals surface area contributed by atoms with Crippen LogP contribution in [0.1, 0.15) is 36.0 Å². The van der Waals surface area contributed by atoms with Gasteiger partial charge in [0.25, 0.3) is 5.91 Å². The quantitative estimate of drug-likeness (QED) is 0.714. The van der Waals surface area contributed by atoms with E-state index in [4.69, 9.17) is 5.73 Å². The monoisotopic (exact) mass is 450 g/mol. The number of halogens is 2. The van der Waals surface area contributed by atoms with Crippen molar-refractivity contribution in [2.24, 2.45) is 11.7 Å². The van der Waals surface area contributed by atoms with Crippen LogP contribution in [0.3, 0.4) is 0 Å². The molecule has 0 aliphatic heterocycles. The van der Waals surface area contributed by atoms with Crippen molar-refractivity contribution in [1.82, 2.24) is 4.90 Å². The van der Waals surface area contributed by atoms with Gasteiger partial charge in [0, 0.05) is 21.1 Å². The lowest BCUT2D eigenvalue weighted by Crippen LogP contribution is -2.46. The highest BCUT2D eigenvalue weighted by atomic mass is 127. The van der Waals surface area contributed by atoms with E-state index in [0.29, 0.717) is 12.5 Å². The predicted molar refractivity (Wildman–Crippen MR) is 93.8 cm³/mol. The van der Waals surface area contributed by atoms with Gasteiger partial charge in [-0.25, -0.2) is 0 Å². The second-order valence-electron chi connectivity index (χ2n) is 5.39. The molecular formula is C15H20BrIN2O. The minimum absolute atomic E-state index is 0.0982. The first kappa shape index (κ1) is 16.2. The Morgan fingerprint density at radius 1 is 1.45 bits per heavy atom. The lowest BCUT2D eigenvalue weighted by molar-refractivity contribution is 0.0619. The third-order valence-corrected chi connectivity index (χ3v) is 5.58. The fraction of sp³-hybridized carbons (Fsp3) is 0.533. The van der Waals surface area contributed by atoms with E-state index in [2.05, 4.69) is 38.5 Å². The molecule has 1 aliphatic carbocycles. The third kappa shape index (κ3) is 3.54. The van der Waals surface area contributed by atoms with Crippen molar-refractivity contribution in [3.8, 4) is 0 Å². The Kier molecular flexibility index (Phi) is 5.86. The van der Waals surface area contributed by atoms with E-state index in [9.17, 15) is 4.79 Å². The number of hydrogen-bond donors (Lipinski definition) is 1. The first-order valence-electron chi connectivity index (χ1n) is 6.97. The molecule has 2 rings (SSSR count). The van der Waals surface area contributed by atoms with Crippen LogP contribution in [0.25, 0.3) is 0 Å². The van der Waals surface area contributed by atoms with Crippen LogP contribution in [0.2, 0.25) is 0 Å². The summed E-state index contributed by atoms with van der Waals surface area (Å²) < 4.78 is 1.93. The van der Waals surface area contributed by atoms with Crippen molar-refractivity contribution in [3.05, 3.63) is 31.8 Å². The molecule has 0 aromatic heterocycles. The van der Waals surface area contributed by atoms with Gasteiger partial charge in [-0.15, -0.1) is 0 Å². The third-order valence-electron chi connectivity index (χ3n) is 4.15. The van der Waals surface area contributed by atoms with Gasteiger partial charge in [-0.3, -0.25) is 4.79 Å². The van der Waals surface area contributed by atoms with Crippen LogP contribution in [0, 0.1) is 9.49 Å². The Hall–Kier alpha value is -0.140. The highest BCUT2D eigenvalue weighted by Crippen LogP contribution is 2.29. The second kappa shape index (κ2) is 7.22. The summed E-state index contributed by atoms with van der Waals surface area (Å²) in [6.07, 6.45) is 4.62. The number of nitrogens with zero attached hydrogens (tertiary/aromatic N) is 1. The summed E-state index contributed by atoms with van der Waals surface area (Å²) in [7, 11) is 1.91. The average molecular weight is 451 g/mol. The van der Waals surface area contributed by atoms with Crippen LogP contribution >= 0.6 is 38.5 Å². The van der Waals surface area contributed by atoms with E-state index in [1.54, 1.807) is 0 Å². The van der Waals surface area contributed by atoms with Crippen LogP contribution in [0.15, 0.2) is 22.7 Å². The summed E-state index contributed by atoms with van der Waals surface area (Å²) in [6, 6.07) is 6.10. The molecule has 2 unspecified atom stereocenters. The zero-order valence-corrected chi connectivity index (χ0v) is 15.4. The highest BCUT2D eigenvalue weighted by molar-refractivity contribution is 14.1. The van der Waals surface area contributed by atoms with Gasteiger partial charge in [-0.2, -0.15) is 0 Å². The lowest BCUT2D eigenvalue weighted by atomic mass is 9.83. The Labute approximate surface area is 142 Å². The number of benzene rings is 1. The van der Waals surface area contributed by atoms with Gasteiger partial charge in [-0.1, -0.05) is 28.8 Å². The Balaban J connectivity index is 2.21. The van der Waals surface area contributed by atoms with Gasteiger partial charge < -0.3 is 10.6 Å². The molecule has 1 saturated carbocycles. The number of carbonyl (C=O) groups excluding carboxylic acids is 1. The molecule has 1 aliphatic rings. The minimum atomic E-state index is 0.0982. The summed E-state index contributed by atoms with van der Waals surface area (Å²) in [5, 5.41) is 0. The van der Waals surface area contributed by atoms with Crippen LogP contribution < -0.4 is 5.73 Å². The molecule has 110 valence electrons. The predicted octanol–water partition coefficient (Wildman–Crippen LogP) is 3.64. The van der Waals surface area contributed by atoms with Crippen molar-refractivity contribution < 1.29 is 4.79 Å². The number of rotatable bonds is 3. The minimum Gasteiger partial charge on any atom is -0.338 e. The van der Waals surface area contributed by atoms with Crippen molar-refractivity contribution in [2.45, 2.75) is 31.7 Å². The van der Waals surface area contributed by atoms with Crippen LogP contribution in [0.5, 0.6) is 0 Å². The van der Waals surface area contributed by atoms with E-state index in [1.165, 1.54) is 12.8 Å². The number of hydrogen-bond acceptors (Lipinski definition) is 2. The highest BCUT2D eigenvalue weighted by Gasteiger charge is 2.30. The fourth-order valence-electron chi connectivity index (χ4n) is 2.97. The molecule has 0 saturated heterocycles. The Bertz CT molecular complexity index is 495. The zero-order valence-electron chi connectivity index (χ0n) is 11.6. The van der Waals surface area contributed by atoms with Gasteiger partial charge in [-0.05, 0) is 66.1 Å². The fourth-order valence-corrected chi connectivity index (χ4v) is 3.90. The Morgan fingerprint density at radius 3 is 2.85 bits per heavy atom. The van der Waals surface area contributed by atoms with Gasteiger partial charge in [0.1, 0.15) is 0 Å². The van der Waals surface area contributed by atoms with Gasteiger partial charge in [0.2, 0.25) is 0 Å². The summed E-state index contributed by atoms with van der Waals surface area (Å²) in [5.74, 6) is 0.531. The maximum atomic E-state index is 12.7. The van der Waals surface area contributed by atoms with E-state index >= 15 is 0 Å². The molecule has 0 radical (unpaired) electrons. The molecule has 0 bridgehead atoms. The number of nitrogens with two attached hydrogens (primary N) is 1. The molecule has 2 N–H and O–H groups in total. The van der Waals surface area contributed by atoms with Crippen LogP contribution in [0.4, 0.5) is 0 Å². The van der Waals surface area contributed by atoms with Crippen LogP contribution in [-0.2, 0) is 0 Å². The zero-order chi connectivity index (χ0) is 14.7. The topological polar surface area (TPSA) is 46.3 Å². The number of carbonyl (C=O) groups is 1. The molecule has 0 heterocycles. The first-order chi connectivity index (χ1) is 9.54. The van der Waals surface area contributed by atoms with Crippen LogP contribution in [-0.4, -0.2) is 30.4 Å². The second-order valence-corrected chi connectivity index (χ2v) is 7.47. The molecule has 0 spiro atoms. The lowest BCUT2D eigenvalue weighted by Gasteiger charge is -2.37. The van der Waals surface area contributed by atoms with E-state index in [0.717, 1.165) is 26.4 Å². The standard InChI is InChI=1S/C15H20BrIN2O/c1-19(14-5-3-2-4-10(14)9-18)15(20)12-8-11(16)6-7-13(12)17/h6-8,10,14H,2-5,9,18H2,1H3. The van der Waals surface area contributed by atoms with Crippen molar-refractivity contribution in [2.75, 3.05) is 13.6 Å². The van der Waals surface area contributed by atoms with E-state index < -0.39 is 0 Å². The summed E-state index contributed by atoms with van der Waals surface area (Å²) in [4.78, 5) is 14.6. The van der Waals surface area contributed by atoms with Crippen molar-refractivity contribution >= 4 is 44.4 Å². The van der Waals surface area contributed by atoms with E-state index in [1.807, 2.05) is 30.1 Å². The summed E-state index contributed by atoms with van der Waals surface area (Å²) in [6.45, 7) is 0.665. The molecule has 1 aromatic rings. The molecule has 1 amide bonds. The maximum absolute atomic E-state index is 12.7. The maximum Gasteiger partial charge on any atom is 0.254 e. The smallest absolute Gasteiger partial charge is 0.254 e. The van der Waals surface area contributed by atoms with Crippen molar-refractivity contribution in [3.63, 3.8) is 0 Å². The van der Waals surface area contributed by atoms with Gasteiger partial charge in [0.15, 0.2) is 0 Å². The molecule has 1 aromatic carbocycles. The van der Waals surface area contributed by atoms with Crippen molar-refractivity contribution in [1.29, 1.82) is 0 Å². The number of amides is 1. The molecule has 2 atom stereocenters. The first-order valence-corrected chi connectivity index (χ1v) is 8.84. The SMILES string of the molecule is CN(C(=O)c1cc(Br)ccc1I)C1CCCCC1CN. The largest absolute Gasteiger partial charge is 0.338 e. The van der Waals surface area contributed by atoms with E-state index in [-0.39, 0.29) is 11.9 Å². The molecular weight excluding hydrogens is 431 g/mol. The van der Waals surface area contributed by atoms with Gasteiger partial charge in [0.05, 0.1) is 5.56 Å². The normalized spacial score (nSPS) is 22.6. The Morgan fingerprint density at radius 2 is 2.15 bits per heavy atom. The average Bonchev–Trinajstić information content (AvgIpc) is 2.48.